The molecule has 0 amide bonds. The van der Waals surface area contributed by atoms with Crippen molar-refractivity contribution in [3.63, 3.8) is 0 Å². The lowest BCUT2D eigenvalue weighted by molar-refractivity contribution is -0.167. The molecule has 0 aliphatic carbocycles. The van der Waals surface area contributed by atoms with Gasteiger partial charge in [0.25, 0.3) is 0 Å². The van der Waals surface area contributed by atoms with Gasteiger partial charge in [-0.25, -0.2) is 0 Å². The zero-order valence-electron chi connectivity index (χ0n) is 52.4. The van der Waals surface area contributed by atoms with Crippen molar-refractivity contribution in [3.8, 4) is 0 Å². The molecule has 1 unspecified atom stereocenters. The third-order valence-corrected chi connectivity index (χ3v) is 14.9. The van der Waals surface area contributed by atoms with Gasteiger partial charge in [-0.3, -0.25) is 14.4 Å². The van der Waals surface area contributed by atoms with Crippen molar-refractivity contribution in [2.75, 3.05) is 13.2 Å². The van der Waals surface area contributed by atoms with Crippen LogP contribution in [0.25, 0.3) is 0 Å². The number of allylic oxidation sites excluding steroid dienone is 14. The number of unbranched alkanes of at least 4 members (excludes halogenated alkanes) is 37. The number of carbonyl (C=O) groups is 3. The van der Waals surface area contributed by atoms with Crippen LogP contribution >= 0.6 is 0 Å². The van der Waals surface area contributed by atoms with Gasteiger partial charge in [0.05, 0.1) is 0 Å². The Hall–Kier alpha value is -3.41. The van der Waals surface area contributed by atoms with Gasteiger partial charge in [0.15, 0.2) is 6.10 Å². The van der Waals surface area contributed by atoms with Gasteiger partial charge in [0, 0.05) is 19.3 Å². The SMILES string of the molecule is CC/C=C\C/C=C\C/C=C\C/C=C\C/C=C\C/C=C\CCCCCCCCCCCCCCCCC(=O)OCC(COC(=O)CCCCCCCCCCCCCCC)OC(=O)CCCCCCC/C=C\CCCCCCCC. The van der Waals surface area contributed by atoms with E-state index in [-0.39, 0.29) is 31.1 Å². The first-order valence-electron chi connectivity index (χ1n) is 34.1. The minimum absolute atomic E-state index is 0.0744. The second kappa shape index (κ2) is 67.1. The highest BCUT2D eigenvalue weighted by Crippen LogP contribution is 2.17. The van der Waals surface area contributed by atoms with E-state index in [1.807, 2.05) is 0 Å². The van der Waals surface area contributed by atoms with E-state index < -0.39 is 6.10 Å². The molecule has 0 radical (unpaired) electrons. The largest absolute Gasteiger partial charge is 0.462 e. The quantitative estimate of drug-likeness (QED) is 0.0261. The summed E-state index contributed by atoms with van der Waals surface area (Å²) in [5.41, 5.74) is 0. The standard InChI is InChI=1S/C73H128O6/c1-4-7-10-13-16-19-22-25-27-28-29-30-31-32-33-34-35-36-37-38-39-40-41-42-43-44-46-48-51-54-57-60-63-66-72(75)78-69-70(68-77-71(74)65-62-59-56-53-50-47-24-21-18-15-12-9-6-3)79-73(76)67-64-61-58-55-52-49-45-26-23-20-17-14-11-8-5-2/h7,10,16,19,25-27,29-30,32-33,35-36,45,70H,4-6,8-9,11-15,17-18,20-24,28,31,34,37-44,46-69H2,1-3H3/b10-7-,19-16-,27-25-,30-29-,33-32-,36-35-,45-26-. The van der Waals surface area contributed by atoms with Crippen LogP contribution in [0.15, 0.2) is 85.1 Å². The van der Waals surface area contributed by atoms with Gasteiger partial charge in [-0.05, 0) is 96.3 Å². The van der Waals surface area contributed by atoms with Crippen LogP contribution < -0.4 is 0 Å². The van der Waals surface area contributed by atoms with Gasteiger partial charge in [-0.1, -0.05) is 311 Å². The van der Waals surface area contributed by atoms with Crippen LogP contribution in [-0.2, 0) is 28.6 Å². The van der Waals surface area contributed by atoms with Gasteiger partial charge in [0.1, 0.15) is 13.2 Å². The third kappa shape index (κ3) is 65.3. The predicted molar refractivity (Wildman–Crippen MR) is 344 cm³/mol. The molecule has 6 nitrogen and oxygen atoms in total. The minimum Gasteiger partial charge on any atom is -0.462 e. The van der Waals surface area contributed by atoms with Gasteiger partial charge >= 0.3 is 17.9 Å². The molecule has 0 saturated carbocycles. The first kappa shape index (κ1) is 75.6. The molecule has 0 spiro atoms. The van der Waals surface area contributed by atoms with E-state index in [4.69, 9.17) is 14.2 Å². The molecule has 0 bridgehead atoms. The summed E-state index contributed by atoms with van der Waals surface area (Å²) in [7, 11) is 0. The van der Waals surface area contributed by atoms with E-state index in [0.717, 1.165) is 103 Å². The second-order valence-electron chi connectivity index (χ2n) is 22.7. The molecule has 0 rings (SSSR count). The summed E-state index contributed by atoms with van der Waals surface area (Å²) in [4.78, 5) is 38.3. The fourth-order valence-electron chi connectivity index (χ4n) is 9.80. The molecule has 6 heteroatoms. The molecule has 79 heavy (non-hydrogen) atoms. The maximum Gasteiger partial charge on any atom is 0.306 e. The van der Waals surface area contributed by atoms with Gasteiger partial charge in [-0.2, -0.15) is 0 Å². The summed E-state index contributed by atoms with van der Waals surface area (Å²) in [6, 6.07) is 0. The van der Waals surface area contributed by atoms with Crippen LogP contribution in [0.2, 0.25) is 0 Å². The molecule has 456 valence electrons. The van der Waals surface area contributed by atoms with Crippen LogP contribution in [0, 0.1) is 0 Å². The van der Waals surface area contributed by atoms with Crippen molar-refractivity contribution in [1.82, 2.24) is 0 Å². The molecule has 0 N–H and O–H groups in total. The lowest BCUT2D eigenvalue weighted by atomic mass is 10.0. The Balaban J connectivity index is 4.17. The number of hydrogen-bond donors (Lipinski definition) is 0. The fraction of sp³-hybridized carbons (Fsp3) is 0.767. The smallest absolute Gasteiger partial charge is 0.306 e. The van der Waals surface area contributed by atoms with Gasteiger partial charge in [0.2, 0.25) is 0 Å². The van der Waals surface area contributed by atoms with Crippen LogP contribution in [0.5, 0.6) is 0 Å². The molecule has 0 heterocycles. The molecule has 0 fully saturated rings. The van der Waals surface area contributed by atoms with Gasteiger partial charge < -0.3 is 14.2 Å². The highest BCUT2D eigenvalue weighted by Gasteiger charge is 2.19. The number of rotatable bonds is 62. The summed E-state index contributed by atoms with van der Waals surface area (Å²) < 4.78 is 16.9. The Bertz CT molecular complexity index is 1500. The van der Waals surface area contributed by atoms with E-state index in [1.54, 1.807) is 0 Å². The Morgan fingerprint density at radius 2 is 0.494 bits per heavy atom. The molecule has 1 atom stereocenters. The molecule has 0 aliphatic rings. The Kier molecular flexibility index (Phi) is 64.2. The lowest BCUT2D eigenvalue weighted by Gasteiger charge is -2.18. The molecule has 0 saturated heterocycles. The van der Waals surface area contributed by atoms with Crippen molar-refractivity contribution in [2.45, 2.75) is 348 Å². The maximum absolute atomic E-state index is 12.9. The van der Waals surface area contributed by atoms with Crippen molar-refractivity contribution in [1.29, 1.82) is 0 Å². The number of hydrogen-bond acceptors (Lipinski definition) is 6. The van der Waals surface area contributed by atoms with Crippen molar-refractivity contribution in [2.24, 2.45) is 0 Å². The van der Waals surface area contributed by atoms with E-state index in [0.29, 0.717) is 19.3 Å². The van der Waals surface area contributed by atoms with Crippen molar-refractivity contribution in [3.05, 3.63) is 85.1 Å². The summed E-state index contributed by atoms with van der Waals surface area (Å²) >= 11 is 0. The Morgan fingerprint density at radius 1 is 0.266 bits per heavy atom. The monoisotopic (exact) mass is 1100 g/mol. The normalized spacial score (nSPS) is 12.6. The Morgan fingerprint density at radius 3 is 0.785 bits per heavy atom. The van der Waals surface area contributed by atoms with E-state index >= 15 is 0 Å². The zero-order valence-corrected chi connectivity index (χ0v) is 52.4. The predicted octanol–water partition coefficient (Wildman–Crippen LogP) is 23.4. The average molecular weight is 1100 g/mol. The molecule has 0 aromatic heterocycles. The molecular weight excluding hydrogens is 973 g/mol. The third-order valence-electron chi connectivity index (χ3n) is 14.9. The highest BCUT2D eigenvalue weighted by molar-refractivity contribution is 5.71. The summed E-state index contributed by atoms with van der Waals surface area (Å²) in [5.74, 6) is -0.867. The first-order valence-corrected chi connectivity index (χ1v) is 34.1. The van der Waals surface area contributed by atoms with Crippen molar-refractivity contribution >= 4 is 17.9 Å². The molecule has 0 aromatic carbocycles. The van der Waals surface area contributed by atoms with E-state index in [9.17, 15) is 14.4 Å². The zero-order chi connectivity index (χ0) is 57.1. The van der Waals surface area contributed by atoms with Crippen LogP contribution in [0.4, 0.5) is 0 Å². The molecule has 0 aliphatic heterocycles. The number of esters is 3. The molecular formula is C73H128O6. The summed E-state index contributed by atoms with van der Waals surface area (Å²) in [5, 5.41) is 0. The lowest BCUT2D eigenvalue weighted by Crippen LogP contribution is -2.30. The van der Waals surface area contributed by atoms with Crippen LogP contribution in [0.1, 0.15) is 342 Å². The van der Waals surface area contributed by atoms with Crippen molar-refractivity contribution < 1.29 is 28.6 Å². The fourth-order valence-corrected chi connectivity index (χ4v) is 9.80. The van der Waals surface area contributed by atoms with Gasteiger partial charge in [-0.15, -0.1) is 0 Å². The minimum atomic E-state index is -0.778. The number of ether oxygens (including phenoxy) is 3. The highest BCUT2D eigenvalue weighted by atomic mass is 16.6. The average Bonchev–Trinajstić information content (AvgIpc) is 3.45. The van der Waals surface area contributed by atoms with E-state index in [2.05, 4.69) is 106 Å². The summed E-state index contributed by atoms with van der Waals surface area (Å²) in [6.45, 7) is 6.55. The summed E-state index contributed by atoms with van der Waals surface area (Å²) in [6.07, 6.45) is 88.9. The maximum atomic E-state index is 12.9. The van der Waals surface area contributed by atoms with Crippen LogP contribution in [-0.4, -0.2) is 37.2 Å². The topological polar surface area (TPSA) is 78.9 Å². The molecule has 0 aromatic rings. The first-order chi connectivity index (χ1) is 39.0. The second-order valence-corrected chi connectivity index (χ2v) is 22.7. The Labute approximate surface area is 490 Å². The number of carbonyl (C=O) groups excluding carboxylic acids is 3. The van der Waals surface area contributed by atoms with E-state index in [1.165, 1.54) is 199 Å². The van der Waals surface area contributed by atoms with Crippen LogP contribution in [0.3, 0.4) is 0 Å².